The molecule has 0 aromatic heterocycles. The van der Waals surface area contributed by atoms with Gasteiger partial charge in [-0.3, -0.25) is 10.1 Å². The minimum Gasteiger partial charge on any atom is -0.468 e. The molecule has 0 aromatic rings. The topological polar surface area (TPSA) is 56.8 Å². The van der Waals surface area contributed by atoms with Crippen molar-refractivity contribution in [1.82, 2.24) is 5.32 Å². The predicted octanol–water partition coefficient (Wildman–Crippen LogP) is 2.03. The van der Waals surface area contributed by atoms with Crippen molar-refractivity contribution >= 4 is 5.97 Å². The molecule has 0 radical (unpaired) electrons. The fourth-order valence-electron chi connectivity index (χ4n) is 3.05. The van der Waals surface area contributed by atoms with E-state index in [1.165, 1.54) is 7.11 Å². The SMILES string of the molecule is COC(=O)C(C)(CCOC1CC(C)OC(C)C1)NC1CC1. The Bertz CT molecular complexity index is 348. The Kier molecular flexibility index (Phi) is 5.63. The van der Waals surface area contributed by atoms with Crippen LogP contribution in [-0.2, 0) is 19.0 Å². The monoisotopic (exact) mass is 299 g/mol. The van der Waals surface area contributed by atoms with E-state index in [0.29, 0.717) is 19.1 Å². The molecule has 0 bridgehead atoms. The van der Waals surface area contributed by atoms with Gasteiger partial charge in [-0.25, -0.2) is 0 Å². The maximum Gasteiger partial charge on any atom is 0.325 e. The number of hydrogen-bond donors (Lipinski definition) is 1. The summed E-state index contributed by atoms with van der Waals surface area (Å²) in [5.74, 6) is -0.202. The summed E-state index contributed by atoms with van der Waals surface area (Å²) in [4.78, 5) is 12.0. The maximum absolute atomic E-state index is 12.0. The zero-order valence-corrected chi connectivity index (χ0v) is 13.7. The Hall–Kier alpha value is -0.650. The second-order valence-electron chi connectivity index (χ2n) is 6.71. The van der Waals surface area contributed by atoms with Crippen molar-refractivity contribution in [1.29, 1.82) is 0 Å². The fraction of sp³-hybridized carbons (Fsp3) is 0.938. The predicted molar refractivity (Wildman–Crippen MR) is 80.2 cm³/mol. The molecule has 1 N–H and O–H groups in total. The lowest BCUT2D eigenvalue weighted by molar-refractivity contribution is -0.150. The third-order valence-corrected chi connectivity index (χ3v) is 4.35. The molecule has 5 heteroatoms. The molecule has 21 heavy (non-hydrogen) atoms. The standard InChI is InChI=1S/C16H29NO4/c1-11-9-14(10-12(2)21-11)20-8-7-16(3,15(18)19-4)17-13-5-6-13/h11-14,17H,5-10H2,1-4H3. The largest absolute Gasteiger partial charge is 0.468 e. The van der Waals surface area contributed by atoms with E-state index in [0.717, 1.165) is 25.7 Å². The van der Waals surface area contributed by atoms with Crippen LogP contribution in [0.2, 0.25) is 0 Å². The van der Waals surface area contributed by atoms with Crippen molar-refractivity contribution in [3.05, 3.63) is 0 Å². The van der Waals surface area contributed by atoms with E-state index in [-0.39, 0.29) is 24.3 Å². The van der Waals surface area contributed by atoms with Crippen molar-refractivity contribution < 1.29 is 19.0 Å². The van der Waals surface area contributed by atoms with E-state index in [4.69, 9.17) is 14.2 Å². The normalized spacial score (nSPS) is 32.5. The summed E-state index contributed by atoms with van der Waals surface area (Å²) < 4.78 is 16.6. The van der Waals surface area contributed by atoms with Gasteiger partial charge in [-0.2, -0.15) is 0 Å². The molecule has 122 valence electrons. The van der Waals surface area contributed by atoms with Crippen LogP contribution >= 0.6 is 0 Å². The Morgan fingerprint density at radius 3 is 2.43 bits per heavy atom. The summed E-state index contributed by atoms with van der Waals surface area (Å²) in [6.45, 7) is 6.64. The number of esters is 1. The average molecular weight is 299 g/mol. The Morgan fingerprint density at radius 1 is 1.29 bits per heavy atom. The van der Waals surface area contributed by atoms with Crippen molar-refractivity contribution in [2.75, 3.05) is 13.7 Å². The number of methoxy groups -OCH3 is 1. The van der Waals surface area contributed by atoms with Crippen LogP contribution < -0.4 is 5.32 Å². The van der Waals surface area contributed by atoms with E-state index in [9.17, 15) is 4.79 Å². The summed E-state index contributed by atoms with van der Waals surface area (Å²) in [6.07, 6.45) is 5.49. The van der Waals surface area contributed by atoms with Gasteiger partial charge in [0.05, 0.1) is 25.4 Å². The van der Waals surface area contributed by atoms with Crippen LogP contribution in [0.1, 0.15) is 52.9 Å². The second kappa shape index (κ2) is 7.07. The van der Waals surface area contributed by atoms with Crippen molar-refractivity contribution in [3.8, 4) is 0 Å². The minimum atomic E-state index is -0.641. The fourth-order valence-corrected chi connectivity index (χ4v) is 3.05. The lowest BCUT2D eigenvalue weighted by Gasteiger charge is -2.33. The summed E-state index contributed by atoms with van der Waals surface area (Å²) in [5.41, 5.74) is -0.641. The van der Waals surface area contributed by atoms with Gasteiger partial charge in [0.25, 0.3) is 0 Å². The van der Waals surface area contributed by atoms with Gasteiger partial charge in [-0.1, -0.05) is 0 Å². The number of ether oxygens (including phenoxy) is 3. The van der Waals surface area contributed by atoms with Crippen molar-refractivity contribution in [2.24, 2.45) is 0 Å². The number of nitrogens with one attached hydrogen (secondary N) is 1. The molecule has 2 fully saturated rings. The summed E-state index contributed by atoms with van der Waals surface area (Å²) in [6, 6.07) is 0.456. The quantitative estimate of drug-likeness (QED) is 0.729. The minimum absolute atomic E-state index is 0.202. The molecule has 1 aliphatic heterocycles. The zero-order chi connectivity index (χ0) is 15.5. The van der Waals surface area contributed by atoms with E-state index in [1.54, 1.807) is 0 Å². The molecular formula is C16H29NO4. The molecule has 0 spiro atoms. The van der Waals surface area contributed by atoms with Crippen LogP contribution in [0.5, 0.6) is 0 Å². The molecule has 0 amide bonds. The molecule has 5 nitrogen and oxygen atoms in total. The van der Waals surface area contributed by atoms with Gasteiger partial charge in [0, 0.05) is 12.6 Å². The molecule has 2 aliphatic rings. The van der Waals surface area contributed by atoms with E-state index in [2.05, 4.69) is 19.2 Å². The highest BCUT2D eigenvalue weighted by Gasteiger charge is 2.39. The van der Waals surface area contributed by atoms with Gasteiger partial charge in [0.15, 0.2) is 0 Å². The molecule has 0 aromatic carbocycles. The Labute approximate surface area is 127 Å². The van der Waals surface area contributed by atoms with Crippen LogP contribution in [0.15, 0.2) is 0 Å². The lowest BCUT2D eigenvalue weighted by atomic mass is 9.97. The van der Waals surface area contributed by atoms with Gasteiger partial charge in [-0.15, -0.1) is 0 Å². The number of carbonyl (C=O) groups is 1. The first-order valence-corrected chi connectivity index (χ1v) is 8.06. The van der Waals surface area contributed by atoms with Crippen LogP contribution in [0.25, 0.3) is 0 Å². The van der Waals surface area contributed by atoms with Crippen LogP contribution in [-0.4, -0.2) is 49.6 Å². The molecule has 1 saturated carbocycles. The van der Waals surface area contributed by atoms with Crippen LogP contribution in [0.4, 0.5) is 0 Å². The zero-order valence-electron chi connectivity index (χ0n) is 13.7. The molecular weight excluding hydrogens is 270 g/mol. The summed E-state index contributed by atoms with van der Waals surface area (Å²) in [5, 5.41) is 3.39. The third kappa shape index (κ3) is 4.94. The molecule has 1 saturated heterocycles. The maximum atomic E-state index is 12.0. The van der Waals surface area contributed by atoms with Gasteiger partial charge in [-0.05, 0) is 52.9 Å². The smallest absolute Gasteiger partial charge is 0.325 e. The Balaban J connectivity index is 1.79. The van der Waals surface area contributed by atoms with Crippen LogP contribution in [0.3, 0.4) is 0 Å². The average Bonchev–Trinajstić information content (AvgIpc) is 3.20. The first-order valence-electron chi connectivity index (χ1n) is 8.06. The van der Waals surface area contributed by atoms with E-state index < -0.39 is 5.54 Å². The molecule has 1 heterocycles. The number of rotatable bonds is 7. The highest BCUT2D eigenvalue weighted by molar-refractivity contribution is 5.80. The summed E-state index contributed by atoms with van der Waals surface area (Å²) in [7, 11) is 1.44. The highest BCUT2D eigenvalue weighted by Crippen LogP contribution is 2.26. The van der Waals surface area contributed by atoms with Gasteiger partial charge in [0.1, 0.15) is 5.54 Å². The highest BCUT2D eigenvalue weighted by atomic mass is 16.5. The van der Waals surface area contributed by atoms with Crippen molar-refractivity contribution in [3.63, 3.8) is 0 Å². The van der Waals surface area contributed by atoms with Gasteiger partial charge >= 0.3 is 5.97 Å². The molecule has 2 rings (SSSR count). The molecule has 1 aliphatic carbocycles. The summed E-state index contributed by atoms with van der Waals surface area (Å²) >= 11 is 0. The molecule has 3 atom stereocenters. The Morgan fingerprint density at radius 2 is 1.90 bits per heavy atom. The number of carbonyl (C=O) groups excluding carboxylic acids is 1. The first kappa shape index (κ1) is 16.7. The lowest BCUT2D eigenvalue weighted by Crippen LogP contribution is -2.52. The third-order valence-electron chi connectivity index (χ3n) is 4.35. The molecule has 3 unspecified atom stereocenters. The van der Waals surface area contributed by atoms with E-state index >= 15 is 0 Å². The van der Waals surface area contributed by atoms with Gasteiger partial charge in [0.2, 0.25) is 0 Å². The van der Waals surface area contributed by atoms with Crippen molar-refractivity contribution in [2.45, 2.75) is 82.8 Å². The number of hydrogen-bond acceptors (Lipinski definition) is 5. The second-order valence-corrected chi connectivity index (χ2v) is 6.71. The van der Waals surface area contributed by atoms with E-state index in [1.807, 2.05) is 6.92 Å². The van der Waals surface area contributed by atoms with Gasteiger partial charge < -0.3 is 14.2 Å². The first-order chi connectivity index (χ1) is 9.93. The van der Waals surface area contributed by atoms with Crippen LogP contribution in [0, 0.1) is 0 Å².